The van der Waals surface area contributed by atoms with Gasteiger partial charge in [-0.2, -0.15) is 0 Å². The fourth-order valence-electron chi connectivity index (χ4n) is 9.07. The quantitative estimate of drug-likeness (QED) is 0.152. The minimum Gasteiger partial charge on any atom is -0.449 e. The van der Waals surface area contributed by atoms with Crippen molar-refractivity contribution < 1.29 is 41.5 Å². The topological polar surface area (TPSA) is 161 Å². The number of rotatable bonds is 10. The van der Waals surface area contributed by atoms with Gasteiger partial charge in [0.15, 0.2) is 5.82 Å². The molecule has 60 heavy (non-hydrogen) atoms. The third-order valence-electron chi connectivity index (χ3n) is 12.3. The van der Waals surface area contributed by atoms with E-state index < -0.39 is 48.2 Å². The second-order valence-electron chi connectivity index (χ2n) is 16.4. The summed E-state index contributed by atoms with van der Waals surface area (Å²) in [5, 5.41) is 11.6. The number of ether oxygens (including phenoxy) is 1. The van der Waals surface area contributed by atoms with Gasteiger partial charge in [-0.25, -0.2) is 32.3 Å². The third kappa shape index (κ3) is 9.27. The summed E-state index contributed by atoms with van der Waals surface area (Å²) in [4.78, 5) is 62.4. The molecule has 0 spiro atoms. The highest BCUT2D eigenvalue weighted by Gasteiger charge is 2.48. The maximum atomic E-state index is 15.7. The summed E-state index contributed by atoms with van der Waals surface area (Å²) in [5.74, 6) is -5.18. The van der Waals surface area contributed by atoms with Crippen LogP contribution in [0.25, 0.3) is 11.3 Å². The normalized spacial score (nSPS) is 25.3. The van der Waals surface area contributed by atoms with E-state index in [0.29, 0.717) is 88.1 Å². The van der Waals surface area contributed by atoms with Gasteiger partial charge < -0.3 is 25.6 Å². The van der Waals surface area contributed by atoms with Crippen molar-refractivity contribution in [2.24, 2.45) is 5.92 Å². The Morgan fingerprint density at radius 2 is 1.67 bits per heavy atom. The highest BCUT2D eigenvalue weighted by Crippen LogP contribution is 2.37. The molecule has 0 radical (unpaired) electrons. The van der Waals surface area contributed by atoms with E-state index in [1.54, 1.807) is 35.2 Å². The molecular formula is C42H49F4N9O5. The second kappa shape index (κ2) is 17.6. The van der Waals surface area contributed by atoms with Gasteiger partial charge in [0.2, 0.25) is 23.7 Å². The van der Waals surface area contributed by atoms with Gasteiger partial charge in [-0.1, -0.05) is 12.1 Å². The van der Waals surface area contributed by atoms with Crippen LogP contribution in [-0.2, 0) is 19.1 Å². The van der Waals surface area contributed by atoms with Crippen LogP contribution in [0.2, 0.25) is 0 Å². The molecule has 2 atom stereocenters. The minimum atomic E-state index is -3.10. The molecule has 4 saturated heterocycles. The van der Waals surface area contributed by atoms with Gasteiger partial charge in [0, 0.05) is 67.5 Å². The number of cyclic esters (lactones) is 1. The standard InChI is InChI=1S/C42H49F4N9O5/c43-31-22-29(48-33-10-12-36(56)51-39(33)58)9-11-34(31)54-19-15-35(42(45,46)24-54)53-17-13-28(14-18-53)49-38(57)25-5-7-27(8-6-25)50-40-47-23-32(44)37(52-40)26-3-1-4-30(21-26)55-16-2-20-60-41(55)59/h1,3-4,9,11,21-23,25,27-28,33,35,48H,2,5-8,10,12-20,24H2,(H,49,57)(H,47,50,52)(H,51,56,58). The van der Waals surface area contributed by atoms with Gasteiger partial charge >= 0.3 is 6.09 Å². The van der Waals surface area contributed by atoms with E-state index in [0.717, 1.165) is 6.20 Å². The zero-order chi connectivity index (χ0) is 42.0. The molecule has 4 amide bonds. The van der Waals surface area contributed by atoms with Crippen LogP contribution in [0.4, 0.5) is 45.4 Å². The Labute approximate surface area is 344 Å². The van der Waals surface area contributed by atoms with Gasteiger partial charge in [-0.3, -0.25) is 29.5 Å². The van der Waals surface area contributed by atoms with Crippen LogP contribution >= 0.6 is 0 Å². The van der Waals surface area contributed by atoms with E-state index in [4.69, 9.17) is 4.74 Å². The molecule has 1 aliphatic carbocycles. The maximum Gasteiger partial charge on any atom is 0.414 e. The Morgan fingerprint density at radius 3 is 2.40 bits per heavy atom. The highest BCUT2D eigenvalue weighted by molar-refractivity contribution is 6.01. The number of imide groups is 1. The van der Waals surface area contributed by atoms with E-state index in [1.165, 1.54) is 21.9 Å². The number of likely N-dealkylation sites (tertiary alicyclic amines) is 1. The van der Waals surface area contributed by atoms with Gasteiger partial charge in [-0.05, 0) is 88.1 Å². The molecule has 320 valence electrons. The summed E-state index contributed by atoms with van der Waals surface area (Å²) in [6.07, 6.45) is 5.68. The number of carbonyl (C=O) groups excluding carboxylic acids is 4. The molecule has 8 rings (SSSR count). The summed E-state index contributed by atoms with van der Waals surface area (Å²) in [5.41, 5.74) is 1.58. The zero-order valence-electron chi connectivity index (χ0n) is 33.1. The zero-order valence-corrected chi connectivity index (χ0v) is 33.1. The molecule has 2 aromatic carbocycles. The van der Waals surface area contributed by atoms with Gasteiger partial charge in [-0.15, -0.1) is 0 Å². The van der Waals surface area contributed by atoms with Crippen molar-refractivity contribution in [2.75, 3.05) is 59.8 Å². The van der Waals surface area contributed by atoms with Crippen molar-refractivity contribution in [3.8, 4) is 11.3 Å². The SMILES string of the molecule is O=C1CCC(Nc2ccc(N3CCC(N4CCC(NC(=O)C5CCC(Nc6ncc(F)c(-c7cccc(N8CCCOC8=O)c7)n6)CC5)CC4)C(F)(F)C3)c(F)c2)C(=O)N1. The number of hydrogen-bond donors (Lipinski definition) is 4. The fraction of sp³-hybridized carbons (Fsp3) is 0.524. The average Bonchev–Trinajstić information content (AvgIpc) is 3.23. The minimum absolute atomic E-state index is 0.0176. The van der Waals surface area contributed by atoms with E-state index in [-0.39, 0.29) is 73.0 Å². The largest absolute Gasteiger partial charge is 0.449 e. The molecule has 1 aromatic heterocycles. The number of amides is 4. The first kappa shape index (κ1) is 41.2. The molecule has 0 bridgehead atoms. The Kier molecular flexibility index (Phi) is 12.1. The summed E-state index contributed by atoms with van der Waals surface area (Å²) in [7, 11) is 0. The lowest BCUT2D eigenvalue weighted by atomic mass is 9.85. The first-order valence-corrected chi connectivity index (χ1v) is 20.8. The summed E-state index contributed by atoms with van der Waals surface area (Å²) in [6.45, 7) is 1.30. The van der Waals surface area contributed by atoms with E-state index in [2.05, 4.69) is 31.2 Å². The molecular weight excluding hydrogens is 787 g/mol. The third-order valence-corrected chi connectivity index (χ3v) is 12.3. The van der Waals surface area contributed by atoms with Crippen LogP contribution in [0.3, 0.4) is 0 Å². The van der Waals surface area contributed by atoms with Crippen molar-refractivity contribution in [1.82, 2.24) is 25.5 Å². The Bertz CT molecular complexity index is 2100. The van der Waals surface area contributed by atoms with Crippen LogP contribution < -0.4 is 31.1 Å². The lowest BCUT2D eigenvalue weighted by Crippen LogP contribution is -2.61. The fourth-order valence-corrected chi connectivity index (χ4v) is 9.07. The van der Waals surface area contributed by atoms with Crippen LogP contribution in [0.1, 0.15) is 64.2 Å². The van der Waals surface area contributed by atoms with E-state index in [9.17, 15) is 23.6 Å². The lowest BCUT2D eigenvalue weighted by molar-refractivity contribution is -0.133. The lowest BCUT2D eigenvalue weighted by Gasteiger charge is -2.46. The van der Waals surface area contributed by atoms with E-state index >= 15 is 13.2 Å². The van der Waals surface area contributed by atoms with Crippen molar-refractivity contribution in [3.05, 3.63) is 60.3 Å². The molecule has 18 heteroatoms. The molecule has 4 aliphatic heterocycles. The smallest absolute Gasteiger partial charge is 0.414 e. The van der Waals surface area contributed by atoms with Crippen molar-refractivity contribution in [1.29, 1.82) is 0 Å². The number of carbonyl (C=O) groups is 4. The Balaban J connectivity index is 0.779. The van der Waals surface area contributed by atoms with Gasteiger partial charge in [0.05, 0.1) is 31.1 Å². The first-order chi connectivity index (χ1) is 28.9. The summed E-state index contributed by atoms with van der Waals surface area (Å²) >= 11 is 0. The number of benzene rings is 2. The summed E-state index contributed by atoms with van der Waals surface area (Å²) < 4.78 is 66.7. The second-order valence-corrected chi connectivity index (χ2v) is 16.4. The molecule has 3 aromatic rings. The van der Waals surface area contributed by atoms with E-state index in [1.807, 2.05) is 0 Å². The number of halogens is 4. The number of piperidine rings is 3. The van der Waals surface area contributed by atoms with Gasteiger partial charge in [0.1, 0.15) is 17.6 Å². The number of nitrogens with one attached hydrogen (secondary N) is 4. The van der Waals surface area contributed by atoms with Crippen LogP contribution in [0.5, 0.6) is 0 Å². The number of hydrogen-bond acceptors (Lipinski definition) is 11. The van der Waals surface area contributed by atoms with Gasteiger partial charge in [0.25, 0.3) is 5.92 Å². The van der Waals surface area contributed by atoms with Crippen LogP contribution in [0, 0.1) is 17.6 Å². The Hall–Kier alpha value is -5.52. The average molecular weight is 836 g/mol. The van der Waals surface area contributed by atoms with Crippen molar-refractivity contribution in [3.63, 3.8) is 0 Å². The molecule has 5 aliphatic rings. The Morgan fingerprint density at radius 1 is 0.867 bits per heavy atom. The molecule has 5 fully saturated rings. The number of anilines is 4. The number of alkyl halides is 2. The predicted octanol–water partition coefficient (Wildman–Crippen LogP) is 5.45. The van der Waals surface area contributed by atoms with Crippen molar-refractivity contribution >= 4 is 46.8 Å². The molecule has 2 unspecified atom stereocenters. The highest BCUT2D eigenvalue weighted by atomic mass is 19.3. The number of aromatic nitrogens is 2. The van der Waals surface area contributed by atoms with Crippen LogP contribution in [0.15, 0.2) is 48.7 Å². The molecule has 14 nitrogen and oxygen atoms in total. The predicted molar refractivity (Wildman–Crippen MR) is 215 cm³/mol. The molecule has 4 N–H and O–H groups in total. The number of nitrogens with zero attached hydrogens (tertiary/aromatic N) is 5. The molecule has 5 heterocycles. The molecule has 1 saturated carbocycles. The first-order valence-electron chi connectivity index (χ1n) is 20.8. The maximum absolute atomic E-state index is 15.7. The monoisotopic (exact) mass is 835 g/mol. The summed E-state index contributed by atoms with van der Waals surface area (Å²) in [6, 6.07) is 9.26. The van der Waals surface area contributed by atoms with Crippen molar-refractivity contribution in [2.45, 2.75) is 94.3 Å². The van der Waals surface area contributed by atoms with Crippen LogP contribution in [-0.4, -0.2) is 108 Å².